The molecule has 13 heavy (non-hydrogen) atoms. The molecule has 0 saturated carbocycles. The van der Waals surface area contributed by atoms with Gasteiger partial charge in [0.2, 0.25) is 0 Å². The third-order valence-electron chi connectivity index (χ3n) is 1.48. The van der Waals surface area contributed by atoms with Crippen molar-refractivity contribution in [1.82, 2.24) is 9.97 Å². The summed E-state index contributed by atoms with van der Waals surface area (Å²) in [6.45, 7) is 0.534. The zero-order valence-electron chi connectivity index (χ0n) is 7.23. The van der Waals surface area contributed by atoms with E-state index < -0.39 is 5.97 Å². The molecule has 70 valence electrons. The van der Waals surface area contributed by atoms with Crippen LogP contribution in [0.3, 0.4) is 0 Å². The first-order valence-corrected chi connectivity index (χ1v) is 3.77. The topological polar surface area (TPSA) is 72.3 Å². The van der Waals surface area contributed by atoms with Gasteiger partial charge in [0.05, 0.1) is 12.2 Å². The highest BCUT2D eigenvalue weighted by atomic mass is 16.5. The van der Waals surface area contributed by atoms with Gasteiger partial charge in [-0.3, -0.25) is 0 Å². The molecule has 1 aromatic heterocycles. The molecule has 0 aliphatic carbocycles. The number of carbonyl (C=O) groups is 1. The average molecular weight is 182 g/mol. The summed E-state index contributed by atoms with van der Waals surface area (Å²) in [5, 5.41) is 8.55. The lowest BCUT2D eigenvalue weighted by molar-refractivity contribution is 0.0696. The second-order valence-corrected chi connectivity index (χ2v) is 2.44. The summed E-state index contributed by atoms with van der Waals surface area (Å²) in [5.41, 5.74) is 0.0983. The molecule has 1 heterocycles. The minimum atomic E-state index is -1.02. The van der Waals surface area contributed by atoms with Crippen molar-refractivity contribution in [2.45, 2.75) is 6.42 Å². The number of hydrogen-bond acceptors (Lipinski definition) is 4. The number of methoxy groups -OCH3 is 1. The number of aromatic nitrogens is 2. The molecular weight excluding hydrogens is 172 g/mol. The summed E-state index contributed by atoms with van der Waals surface area (Å²) >= 11 is 0. The lowest BCUT2D eigenvalue weighted by Gasteiger charge is -1.98. The average Bonchev–Trinajstić information content (AvgIpc) is 2.15. The van der Waals surface area contributed by atoms with Gasteiger partial charge in [-0.25, -0.2) is 14.8 Å². The number of rotatable bonds is 4. The predicted molar refractivity (Wildman–Crippen MR) is 44.6 cm³/mol. The fourth-order valence-corrected chi connectivity index (χ4v) is 0.788. The van der Waals surface area contributed by atoms with Crippen LogP contribution in [-0.4, -0.2) is 34.8 Å². The Balaban J connectivity index is 2.64. The van der Waals surface area contributed by atoms with Gasteiger partial charge >= 0.3 is 5.97 Å². The van der Waals surface area contributed by atoms with Gasteiger partial charge in [0.1, 0.15) is 5.82 Å². The molecule has 1 aromatic rings. The lowest BCUT2D eigenvalue weighted by Crippen LogP contribution is -2.04. The zero-order valence-corrected chi connectivity index (χ0v) is 7.23. The molecule has 1 rings (SSSR count). The van der Waals surface area contributed by atoms with Crippen molar-refractivity contribution in [3.8, 4) is 0 Å². The summed E-state index contributed by atoms with van der Waals surface area (Å²) < 4.78 is 4.83. The van der Waals surface area contributed by atoms with E-state index in [4.69, 9.17) is 9.84 Å². The van der Waals surface area contributed by atoms with Gasteiger partial charge in [-0.05, 0) is 0 Å². The van der Waals surface area contributed by atoms with Gasteiger partial charge in [-0.2, -0.15) is 0 Å². The number of ether oxygens (including phenoxy) is 1. The first kappa shape index (κ1) is 9.60. The molecule has 5 nitrogen and oxygen atoms in total. The molecule has 5 heteroatoms. The van der Waals surface area contributed by atoms with Gasteiger partial charge in [0.25, 0.3) is 0 Å². The summed E-state index contributed by atoms with van der Waals surface area (Å²) in [6, 6.07) is 0. The van der Waals surface area contributed by atoms with E-state index >= 15 is 0 Å². The van der Waals surface area contributed by atoms with E-state index in [0.717, 1.165) is 0 Å². The molecule has 0 spiro atoms. The van der Waals surface area contributed by atoms with E-state index in [1.165, 1.54) is 12.4 Å². The Bertz CT molecular complexity index is 284. The van der Waals surface area contributed by atoms with Crippen LogP contribution < -0.4 is 0 Å². The SMILES string of the molecule is COCCc1ncc(C(=O)O)cn1. The Hall–Kier alpha value is -1.49. The Morgan fingerprint density at radius 1 is 1.54 bits per heavy atom. The zero-order chi connectivity index (χ0) is 9.68. The van der Waals surface area contributed by atoms with Gasteiger partial charge in [0.15, 0.2) is 0 Å². The van der Waals surface area contributed by atoms with E-state index in [-0.39, 0.29) is 5.56 Å². The summed E-state index contributed by atoms with van der Waals surface area (Å²) in [4.78, 5) is 18.2. The molecule has 0 aliphatic heterocycles. The highest BCUT2D eigenvalue weighted by molar-refractivity contribution is 5.86. The first-order valence-electron chi connectivity index (χ1n) is 3.77. The van der Waals surface area contributed by atoms with Crippen LogP contribution in [0.5, 0.6) is 0 Å². The van der Waals surface area contributed by atoms with Gasteiger partial charge < -0.3 is 9.84 Å². The van der Waals surface area contributed by atoms with Crippen molar-refractivity contribution in [1.29, 1.82) is 0 Å². The minimum Gasteiger partial charge on any atom is -0.478 e. The van der Waals surface area contributed by atoms with Crippen LogP contribution in [0.1, 0.15) is 16.2 Å². The maximum absolute atomic E-state index is 10.4. The number of hydrogen-bond donors (Lipinski definition) is 1. The van der Waals surface area contributed by atoms with Crippen LogP contribution in [-0.2, 0) is 11.2 Å². The number of carboxylic acid groups (broad SMARTS) is 1. The fourth-order valence-electron chi connectivity index (χ4n) is 0.788. The maximum atomic E-state index is 10.4. The van der Waals surface area contributed by atoms with Gasteiger partial charge in [-0.1, -0.05) is 0 Å². The molecule has 0 aliphatic rings. The second-order valence-electron chi connectivity index (χ2n) is 2.44. The molecule has 0 aromatic carbocycles. The monoisotopic (exact) mass is 182 g/mol. The minimum absolute atomic E-state index is 0.0983. The van der Waals surface area contributed by atoms with Crippen LogP contribution in [0.25, 0.3) is 0 Å². The Morgan fingerprint density at radius 2 is 2.15 bits per heavy atom. The van der Waals surface area contributed by atoms with Crippen molar-refractivity contribution in [2.75, 3.05) is 13.7 Å². The standard InChI is InChI=1S/C8H10N2O3/c1-13-3-2-7-9-4-6(5-10-7)8(11)12/h4-5H,2-3H2,1H3,(H,11,12). The van der Waals surface area contributed by atoms with Crippen LogP contribution >= 0.6 is 0 Å². The van der Waals surface area contributed by atoms with Crippen molar-refractivity contribution in [3.63, 3.8) is 0 Å². The summed E-state index contributed by atoms with van der Waals surface area (Å²) in [5.74, 6) is -0.426. The van der Waals surface area contributed by atoms with E-state index in [9.17, 15) is 4.79 Å². The molecule has 0 radical (unpaired) electrons. The molecule has 0 bridgehead atoms. The van der Waals surface area contributed by atoms with Gasteiger partial charge in [0, 0.05) is 25.9 Å². The largest absolute Gasteiger partial charge is 0.478 e. The molecule has 0 fully saturated rings. The Morgan fingerprint density at radius 3 is 2.62 bits per heavy atom. The number of nitrogens with zero attached hydrogens (tertiary/aromatic N) is 2. The third-order valence-corrected chi connectivity index (χ3v) is 1.48. The quantitative estimate of drug-likeness (QED) is 0.728. The molecule has 0 atom stereocenters. The molecule has 0 unspecified atom stereocenters. The molecule has 0 saturated heterocycles. The van der Waals surface area contributed by atoms with E-state index in [1.54, 1.807) is 7.11 Å². The number of carboxylic acids is 1. The summed E-state index contributed by atoms with van der Waals surface area (Å²) in [7, 11) is 1.59. The van der Waals surface area contributed by atoms with Crippen LogP contribution in [0.15, 0.2) is 12.4 Å². The fraction of sp³-hybridized carbons (Fsp3) is 0.375. The maximum Gasteiger partial charge on any atom is 0.338 e. The van der Waals surface area contributed by atoms with E-state index in [0.29, 0.717) is 18.9 Å². The van der Waals surface area contributed by atoms with Crippen LogP contribution in [0.4, 0.5) is 0 Å². The smallest absolute Gasteiger partial charge is 0.338 e. The van der Waals surface area contributed by atoms with Crippen LogP contribution in [0.2, 0.25) is 0 Å². The van der Waals surface area contributed by atoms with Crippen LogP contribution in [0, 0.1) is 0 Å². The highest BCUT2D eigenvalue weighted by Crippen LogP contribution is 1.96. The van der Waals surface area contributed by atoms with E-state index in [2.05, 4.69) is 9.97 Å². The predicted octanol–water partition coefficient (Wildman–Crippen LogP) is 0.364. The number of aromatic carboxylic acids is 1. The molecule has 0 amide bonds. The van der Waals surface area contributed by atoms with Gasteiger partial charge in [-0.15, -0.1) is 0 Å². The lowest BCUT2D eigenvalue weighted by atomic mass is 10.3. The van der Waals surface area contributed by atoms with E-state index in [1.807, 2.05) is 0 Å². The Kier molecular flexibility index (Phi) is 3.33. The molecular formula is C8H10N2O3. The molecule has 1 N–H and O–H groups in total. The Labute approximate surface area is 75.4 Å². The third kappa shape index (κ3) is 2.79. The highest BCUT2D eigenvalue weighted by Gasteiger charge is 2.03. The summed E-state index contributed by atoms with van der Waals surface area (Å²) in [6.07, 6.45) is 3.18. The van der Waals surface area contributed by atoms with Crippen molar-refractivity contribution in [3.05, 3.63) is 23.8 Å². The van der Waals surface area contributed by atoms with Crippen molar-refractivity contribution < 1.29 is 14.6 Å². The van der Waals surface area contributed by atoms with Crippen molar-refractivity contribution in [2.24, 2.45) is 0 Å². The second kappa shape index (κ2) is 4.51. The first-order chi connectivity index (χ1) is 6.24. The normalized spacial score (nSPS) is 9.92. The van der Waals surface area contributed by atoms with Crippen molar-refractivity contribution >= 4 is 5.97 Å².